The van der Waals surface area contributed by atoms with Crippen LogP contribution in [0.25, 0.3) is 5.65 Å². The van der Waals surface area contributed by atoms with Crippen LogP contribution in [0.5, 0.6) is 0 Å². The molecule has 6 heteroatoms. The molecule has 0 bridgehead atoms. The Labute approximate surface area is 156 Å². The van der Waals surface area contributed by atoms with Gasteiger partial charge in [0.1, 0.15) is 5.65 Å². The van der Waals surface area contributed by atoms with Crippen molar-refractivity contribution in [3.63, 3.8) is 0 Å². The molecule has 2 N–H and O–H groups in total. The number of aliphatic imine (C=N–C) groups is 1. The molecule has 0 aliphatic heterocycles. The summed E-state index contributed by atoms with van der Waals surface area (Å²) in [5.74, 6) is 0.886. The van der Waals surface area contributed by atoms with Crippen molar-refractivity contribution >= 4 is 35.6 Å². The Kier molecular flexibility index (Phi) is 8.36. The summed E-state index contributed by atoms with van der Waals surface area (Å²) in [4.78, 5) is 9.32. The number of rotatable bonds is 6. The summed E-state index contributed by atoms with van der Waals surface area (Å²) in [6.07, 6.45) is 6.05. The molecule has 1 atom stereocenters. The Morgan fingerprint density at radius 3 is 2.83 bits per heavy atom. The van der Waals surface area contributed by atoms with Crippen molar-refractivity contribution in [2.75, 3.05) is 13.1 Å². The van der Waals surface area contributed by atoms with E-state index in [0.29, 0.717) is 6.04 Å². The van der Waals surface area contributed by atoms with Crippen molar-refractivity contribution < 1.29 is 0 Å². The second-order valence-corrected chi connectivity index (χ2v) is 5.62. The van der Waals surface area contributed by atoms with Crippen molar-refractivity contribution in [3.8, 4) is 0 Å². The second-order valence-electron chi connectivity index (χ2n) is 5.62. The summed E-state index contributed by atoms with van der Waals surface area (Å²) in [6, 6.07) is 4.56. The number of guanidine groups is 1. The molecule has 2 heterocycles. The third-order valence-corrected chi connectivity index (χ3v) is 3.71. The van der Waals surface area contributed by atoms with Crippen LogP contribution in [0.15, 0.2) is 29.5 Å². The van der Waals surface area contributed by atoms with Gasteiger partial charge in [-0.3, -0.25) is 4.99 Å². The number of hydrogen-bond donors (Lipinski definition) is 2. The van der Waals surface area contributed by atoms with E-state index in [0.717, 1.165) is 43.2 Å². The maximum absolute atomic E-state index is 4.69. The summed E-state index contributed by atoms with van der Waals surface area (Å²) >= 11 is 0. The zero-order valence-corrected chi connectivity index (χ0v) is 16.8. The molecule has 0 spiro atoms. The van der Waals surface area contributed by atoms with Gasteiger partial charge < -0.3 is 15.0 Å². The SMILES string of the molecule is CCNC(=NCCc1cn2cccc(C)c2n1)NC(C)CC.I. The smallest absolute Gasteiger partial charge is 0.191 e. The van der Waals surface area contributed by atoms with Crippen LogP contribution in [-0.2, 0) is 6.42 Å². The van der Waals surface area contributed by atoms with Gasteiger partial charge in [0.25, 0.3) is 0 Å². The molecule has 128 valence electrons. The second kappa shape index (κ2) is 9.75. The molecular weight excluding hydrogens is 401 g/mol. The Balaban J connectivity index is 0.00000264. The van der Waals surface area contributed by atoms with Crippen LogP contribution in [0.1, 0.15) is 38.4 Å². The molecule has 0 amide bonds. The molecule has 2 aromatic heterocycles. The molecule has 0 radical (unpaired) electrons. The van der Waals surface area contributed by atoms with Gasteiger partial charge in [0, 0.05) is 37.9 Å². The summed E-state index contributed by atoms with van der Waals surface area (Å²) in [6.45, 7) is 10.1. The fourth-order valence-electron chi connectivity index (χ4n) is 2.26. The first-order chi connectivity index (χ1) is 10.6. The van der Waals surface area contributed by atoms with Gasteiger partial charge in [-0.05, 0) is 38.8 Å². The molecule has 23 heavy (non-hydrogen) atoms. The van der Waals surface area contributed by atoms with E-state index in [1.165, 1.54) is 5.56 Å². The first kappa shape index (κ1) is 19.7. The van der Waals surface area contributed by atoms with Crippen LogP contribution in [-0.4, -0.2) is 34.5 Å². The van der Waals surface area contributed by atoms with Gasteiger partial charge in [-0.25, -0.2) is 4.98 Å². The van der Waals surface area contributed by atoms with E-state index in [1.807, 2.05) is 12.3 Å². The van der Waals surface area contributed by atoms with E-state index < -0.39 is 0 Å². The monoisotopic (exact) mass is 429 g/mol. The van der Waals surface area contributed by atoms with Crippen LogP contribution >= 0.6 is 24.0 Å². The average Bonchev–Trinajstić information content (AvgIpc) is 2.91. The molecule has 0 saturated heterocycles. The van der Waals surface area contributed by atoms with Gasteiger partial charge in [0.15, 0.2) is 5.96 Å². The number of aryl methyl sites for hydroxylation is 1. The van der Waals surface area contributed by atoms with Gasteiger partial charge >= 0.3 is 0 Å². The number of pyridine rings is 1. The standard InChI is InChI=1S/C17H27N5.HI/c1-5-14(4)20-17(18-6-2)19-10-9-15-12-22-11-7-8-13(3)16(22)21-15;/h7-8,11-12,14H,5-6,9-10H2,1-4H3,(H2,18,19,20);1H. The van der Waals surface area contributed by atoms with Gasteiger partial charge in [-0.15, -0.1) is 24.0 Å². The van der Waals surface area contributed by atoms with E-state index in [1.54, 1.807) is 0 Å². The number of fused-ring (bicyclic) bond motifs is 1. The highest BCUT2D eigenvalue weighted by molar-refractivity contribution is 14.0. The number of nitrogens with one attached hydrogen (secondary N) is 2. The number of aromatic nitrogens is 2. The van der Waals surface area contributed by atoms with Crippen molar-refractivity contribution in [2.24, 2.45) is 4.99 Å². The Hall–Kier alpha value is -1.31. The Morgan fingerprint density at radius 2 is 2.17 bits per heavy atom. The predicted molar refractivity (Wildman–Crippen MR) is 108 cm³/mol. The highest BCUT2D eigenvalue weighted by Gasteiger charge is 2.05. The maximum Gasteiger partial charge on any atom is 0.191 e. The normalized spacial score (nSPS) is 12.8. The molecule has 5 nitrogen and oxygen atoms in total. The zero-order valence-electron chi connectivity index (χ0n) is 14.5. The Morgan fingerprint density at radius 1 is 1.39 bits per heavy atom. The lowest BCUT2D eigenvalue weighted by Gasteiger charge is -2.15. The molecule has 0 aromatic carbocycles. The quantitative estimate of drug-likeness (QED) is 0.422. The van der Waals surface area contributed by atoms with Crippen LogP contribution in [0, 0.1) is 6.92 Å². The lowest BCUT2D eigenvalue weighted by Crippen LogP contribution is -2.42. The van der Waals surface area contributed by atoms with Gasteiger partial charge in [-0.2, -0.15) is 0 Å². The largest absolute Gasteiger partial charge is 0.357 e. The third-order valence-electron chi connectivity index (χ3n) is 3.71. The van der Waals surface area contributed by atoms with Gasteiger partial charge in [-0.1, -0.05) is 13.0 Å². The number of hydrogen-bond acceptors (Lipinski definition) is 2. The number of imidazole rings is 1. The van der Waals surface area contributed by atoms with E-state index in [-0.39, 0.29) is 24.0 Å². The molecule has 0 fully saturated rings. The van der Waals surface area contributed by atoms with Crippen molar-refractivity contribution in [1.82, 2.24) is 20.0 Å². The molecule has 0 saturated carbocycles. The lowest BCUT2D eigenvalue weighted by atomic mass is 10.3. The van der Waals surface area contributed by atoms with Crippen LogP contribution in [0.4, 0.5) is 0 Å². The highest BCUT2D eigenvalue weighted by Crippen LogP contribution is 2.10. The van der Waals surface area contributed by atoms with Crippen LogP contribution in [0.3, 0.4) is 0 Å². The van der Waals surface area contributed by atoms with Crippen molar-refractivity contribution in [3.05, 3.63) is 35.8 Å². The fraction of sp³-hybridized carbons (Fsp3) is 0.529. The van der Waals surface area contributed by atoms with Crippen LogP contribution < -0.4 is 10.6 Å². The molecule has 2 rings (SSSR count). The molecule has 1 unspecified atom stereocenters. The minimum atomic E-state index is 0. The Bertz CT molecular complexity index is 635. The minimum Gasteiger partial charge on any atom is -0.357 e. The lowest BCUT2D eigenvalue weighted by molar-refractivity contribution is 0.624. The summed E-state index contributed by atoms with van der Waals surface area (Å²) in [5.41, 5.74) is 3.31. The average molecular weight is 429 g/mol. The zero-order chi connectivity index (χ0) is 15.9. The number of halogens is 1. The molecule has 0 aliphatic rings. The van der Waals surface area contributed by atoms with E-state index in [4.69, 9.17) is 0 Å². The van der Waals surface area contributed by atoms with E-state index in [2.05, 4.69) is 65.0 Å². The maximum atomic E-state index is 4.69. The summed E-state index contributed by atoms with van der Waals surface area (Å²) in [7, 11) is 0. The van der Waals surface area contributed by atoms with Gasteiger partial charge in [0.2, 0.25) is 0 Å². The number of nitrogens with zero attached hydrogens (tertiary/aromatic N) is 3. The highest BCUT2D eigenvalue weighted by atomic mass is 127. The van der Waals surface area contributed by atoms with Crippen molar-refractivity contribution in [1.29, 1.82) is 0 Å². The molecule has 0 aliphatic carbocycles. The third kappa shape index (κ3) is 5.67. The van der Waals surface area contributed by atoms with E-state index in [9.17, 15) is 0 Å². The van der Waals surface area contributed by atoms with Gasteiger partial charge in [0.05, 0.1) is 5.69 Å². The summed E-state index contributed by atoms with van der Waals surface area (Å²) in [5, 5.41) is 6.69. The first-order valence-corrected chi connectivity index (χ1v) is 8.12. The van der Waals surface area contributed by atoms with E-state index >= 15 is 0 Å². The topological polar surface area (TPSA) is 53.7 Å². The minimum absolute atomic E-state index is 0. The predicted octanol–water partition coefficient (Wildman–Crippen LogP) is 3.16. The van der Waals surface area contributed by atoms with Crippen molar-refractivity contribution in [2.45, 2.75) is 46.6 Å². The molecular formula is C17H28IN5. The fourth-order valence-corrected chi connectivity index (χ4v) is 2.26. The first-order valence-electron chi connectivity index (χ1n) is 8.12. The summed E-state index contributed by atoms with van der Waals surface area (Å²) < 4.78 is 2.08. The van der Waals surface area contributed by atoms with Crippen LogP contribution in [0.2, 0.25) is 0 Å². The molecule has 2 aromatic rings.